The first-order valence-electron chi connectivity index (χ1n) is 14.2. The van der Waals surface area contributed by atoms with Crippen LogP contribution in [0.5, 0.6) is 23.0 Å². The standard InChI is InChI=1S/C16H13FN4O4.C10H9ClN2O2.C6H5FN2O2.ClH/c1-24-14-6-10-13(7-15(14)25-2)18-8-19-16(10)20-12-4-3-9(21(22)23)5-11(12)17;1-14-8-3-6-7(4-9(8)15-2)12-5-13-10(6)11;7-5-3-4(9(10)11)1-2-6(5)8;/h3-8H,1-2H3,(H,18,19,20);3-5H,1-2H3;1-3H,8H2;1H. The lowest BCUT2D eigenvalue weighted by atomic mass is 10.2. The lowest BCUT2D eigenvalue weighted by molar-refractivity contribution is -0.385. The van der Waals surface area contributed by atoms with Gasteiger partial charge in [-0.25, -0.2) is 28.7 Å². The van der Waals surface area contributed by atoms with Gasteiger partial charge < -0.3 is 30.0 Å². The maximum absolute atomic E-state index is 14.1. The van der Waals surface area contributed by atoms with Crippen LogP contribution in [-0.4, -0.2) is 58.2 Å². The summed E-state index contributed by atoms with van der Waals surface area (Å²) in [7, 11) is 6.15. The van der Waals surface area contributed by atoms with Crippen LogP contribution in [0.2, 0.25) is 5.15 Å². The highest BCUT2D eigenvalue weighted by Crippen LogP contribution is 2.35. The number of nitrogens with zero attached hydrogens (tertiary/aromatic N) is 6. The number of nitro groups is 2. The first kappa shape index (κ1) is 40.0. The largest absolute Gasteiger partial charge is 0.493 e. The first-order chi connectivity index (χ1) is 24.4. The summed E-state index contributed by atoms with van der Waals surface area (Å²) in [4.78, 5) is 35.7. The summed E-state index contributed by atoms with van der Waals surface area (Å²) < 4.78 is 47.4. The quantitative estimate of drug-likeness (QED) is 0.0666. The van der Waals surface area contributed by atoms with E-state index in [2.05, 4.69) is 25.3 Å². The molecular weight excluding hydrogens is 733 g/mol. The summed E-state index contributed by atoms with van der Waals surface area (Å²) in [6, 6.07) is 13.3. The van der Waals surface area contributed by atoms with E-state index >= 15 is 0 Å². The van der Waals surface area contributed by atoms with Gasteiger partial charge in [0.05, 0.1) is 72.8 Å². The van der Waals surface area contributed by atoms with Crippen LogP contribution in [0.15, 0.2) is 73.3 Å². The Morgan fingerprint density at radius 3 is 1.63 bits per heavy atom. The number of halogens is 4. The van der Waals surface area contributed by atoms with Crippen LogP contribution in [0.3, 0.4) is 0 Å². The third kappa shape index (κ3) is 9.43. The molecule has 20 heteroatoms. The van der Waals surface area contributed by atoms with Gasteiger partial charge in [-0.15, -0.1) is 12.4 Å². The third-order valence-corrected chi connectivity index (χ3v) is 7.15. The molecule has 0 aliphatic rings. The van der Waals surface area contributed by atoms with Gasteiger partial charge >= 0.3 is 0 Å². The summed E-state index contributed by atoms with van der Waals surface area (Å²) in [5, 5.41) is 25.3. The molecule has 3 N–H and O–H groups in total. The molecule has 0 saturated carbocycles. The van der Waals surface area contributed by atoms with Crippen LogP contribution in [0.1, 0.15) is 0 Å². The smallest absolute Gasteiger partial charge is 0.272 e. The van der Waals surface area contributed by atoms with Crippen molar-refractivity contribution < 1.29 is 37.6 Å². The van der Waals surface area contributed by atoms with E-state index in [1.807, 2.05) is 0 Å². The van der Waals surface area contributed by atoms with Gasteiger partial charge in [-0.1, -0.05) is 11.6 Å². The molecule has 16 nitrogen and oxygen atoms in total. The number of rotatable bonds is 8. The Balaban J connectivity index is 0.000000230. The summed E-state index contributed by atoms with van der Waals surface area (Å²) in [6.45, 7) is 0. The Morgan fingerprint density at radius 1 is 0.673 bits per heavy atom. The second-order valence-corrected chi connectivity index (χ2v) is 10.2. The maximum Gasteiger partial charge on any atom is 0.272 e. The lowest BCUT2D eigenvalue weighted by Gasteiger charge is -2.12. The zero-order valence-corrected chi connectivity index (χ0v) is 29.1. The highest BCUT2D eigenvalue weighted by atomic mass is 35.5. The molecule has 4 aromatic carbocycles. The molecule has 2 aromatic heterocycles. The predicted octanol–water partition coefficient (Wildman–Crippen LogP) is 7.48. The van der Waals surface area contributed by atoms with Crippen LogP contribution in [-0.2, 0) is 0 Å². The Labute approximate surface area is 304 Å². The highest BCUT2D eigenvalue weighted by molar-refractivity contribution is 6.34. The molecule has 2 heterocycles. The number of hydrogen-bond acceptors (Lipinski definition) is 14. The fourth-order valence-electron chi connectivity index (χ4n) is 4.31. The van der Waals surface area contributed by atoms with Crippen LogP contribution >= 0.6 is 24.0 Å². The van der Waals surface area contributed by atoms with Gasteiger partial charge in [-0.3, -0.25) is 20.2 Å². The van der Waals surface area contributed by atoms with E-state index in [0.29, 0.717) is 44.9 Å². The van der Waals surface area contributed by atoms with Gasteiger partial charge in [-0.05, 0) is 24.3 Å². The highest BCUT2D eigenvalue weighted by Gasteiger charge is 2.15. The van der Waals surface area contributed by atoms with Gasteiger partial charge in [0.2, 0.25) is 0 Å². The second kappa shape index (κ2) is 18.0. The minimum atomic E-state index is -0.765. The van der Waals surface area contributed by atoms with Gasteiger partial charge in [0.25, 0.3) is 11.4 Å². The van der Waals surface area contributed by atoms with E-state index in [1.165, 1.54) is 39.0 Å². The Hall–Kier alpha value is -6.40. The van der Waals surface area contributed by atoms with Crippen LogP contribution in [0.4, 0.5) is 37.3 Å². The Bertz CT molecular complexity index is 2240. The Kier molecular flexibility index (Phi) is 13.9. The molecule has 0 atom stereocenters. The Morgan fingerprint density at radius 2 is 1.13 bits per heavy atom. The van der Waals surface area contributed by atoms with Crippen molar-refractivity contribution in [2.24, 2.45) is 0 Å². The van der Waals surface area contributed by atoms with Gasteiger partial charge in [-0.2, -0.15) is 0 Å². The number of anilines is 3. The number of ether oxygens (including phenoxy) is 4. The number of nitrogens with one attached hydrogen (secondary N) is 1. The van der Waals surface area contributed by atoms with E-state index in [0.717, 1.165) is 35.2 Å². The van der Waals surface area contributed by atoms with Crippen molar-refractivity contribution in [3.8, 4) is 23.0 Å². The van der Waals surface area contributed by atoms with Gasteiger partial charge in [0.1, 0.15) is 23.6 Å². The summed E-state index contributed by atoms with van der Waals surface area (Å²) in [5.74, 6) is 1.01. The number of aromatic nitrogens is 4. The lowest BCUT2D eigenvalue weighted by Crippen LogP contribution is -2.00. The number of nitrogens with two attached hydrogens (primary N) is 1. The molecule has 6 rings (SSSR count). The molecule has 0 radical (unpaired) electrons. The first-order valence-corrected chi connectivity index (χ1v) is 14.6. The van der Waals surface area contributed by atoms with E-state index in [4.69, 9.17) is 36.3 Å². The summed E-state index contributed by atoms with van der Waals surface area (Å²) in [5.41, 5.74) is 5.73. The molecule has 0 aliphatic heterocycles. The molecule has 0 spiro atoms. The van der Waals surface area contributed by atoms with Crippen molar-refractivity contribution >= 4 is 74.4 Å². The molecule has 0 unspecified atom stereocenters. The number of benzene rings is 4. The van der Waals surface area contributed by atoms with Crippen LogP contribution in [0, 0.1) is 31.9 Å². The van der Waals surface area contributed by atoms with Gasteiger partial charge in [0.15, 0.2) is 34.6 Å². The molecule has 6 aromatic rings. The maximum atomic E-state index is 14.1. The topological polar surface area (TPSA) is 213 Å². The molecule has 272 valence electrons. The number of nitrogen functional groups attached to an aromatic ring is 1. The van der Waals surface area contributed by atoms with E-state index in [1.54, 1.807) is 38.5 Å². The average molecular weight is 762 g/mol. The molecule has 0 fully saturated rings. The van der Waals surface area contributed by atoms with Crippen molar-refractivity contribution in [2.75, 3.05) is 39.5 Å². The normalized spacial score (nSPS) is 10.1. The van der Waals surface area contributed by atoms with E-state index in [9.17, 15) is 29.0 Å². The van der Waals surface area contributed by atoms with Crippen molar-refractivity contribution in [2.45, 2.75) is 0 Å². The zero-order chi connectivity index (χ0) is 37.2. The molecular formula is C32H28Cl2F2N8O8. The molecule has 0 aliphatic carbocycles. The second-order valence-electron chi connectivity index (χ2n) is 9.84. The number of non-ortho nitro benzene ring substituents is 2. The third-order valence-electron chi connectivity index (χ3n) is 6.84. The van der Waals surface area contributed by atoms with Crippen molar-refractivity contribution in [3.05, 3.63) is 110 Å². The zero-order valence-electron chi connectivity index (χ0n) is 27.5. The average Bonchev–Trinajstić information content (AvgIpc) is 3.13. The number of hydrogen-bond donors (Lipinski definition) is 2. The van der Waals surface area contributed by atoms with Crippen LogP contribution in [0.25, 0.3) is 21.8 Å². The van der Waals surface area contributed by atoms with Crippen molar-refractivity contribution in [1.82, 2.24) is 19.9 Å². The monoisotopic (exact) mass is 760 g/mol. The number of methoxy groups -OCH3 is 4. The van der Waals surface area contributed by atoms with Crippen molar-refractivity contribution in [1.29, 1.82) is 0 Å². The fourth-order valence-corrected chi connectivity index (χ4v) is 4.51. The van der Waals surface area contributed by atoms with E-state index < -0.39 is 21.5 Å². The predicted molar refractivity (Wildman–Crippen MR) is 191 cm³/mol. The minimum Gasteiger partial charge on any atom is -0.493 e. The van der Waals surface area contributed by atoms with Gasteiger partial charge in [0, 0.05) is 35.0 Å². The molecule has 52 heavy (non-hydrogen) atoms. The van der Waals surface area contributed by atoms with Crippen LogP contribution < -0.4 is 30.0 Å². The fraction of sp³-hybridized carbons (Fsp3) is 0.125. The number of fused-ring (bicyclic) bond motifs is 2. The summed E-state index contributed by atoms with van der Waals surface area (Å²) in [6.07, 6.45) is 2.73. The minimum absolute atomic E-state index is 0. The van der Waals surface area contributed by atoms with Crippen molar-refractivity contribution in [3.63, 3.8) is 0 Å². The SMILES string of the molecule is COc1cc2ncnc(Cl)c2cc1OC.COc1cc2ncnc(Nc3ccc([N+](=O)[O-])cc3F)c2cc1OC.Cl.Nc1ccc([N+](=O)[O-])cc1F. The molecule has 0 bridgehead atoms. The molecule has 0 amide bonds. The number of nitro benzene ring substituents is 2. The molecule has 0 saturated heterocycles. The summed E-state index contributed by atoms with van der Waals surface area (Å²) >= 11 is 5.93. The van der Waals surface area contributed by atoms with E-state index in [-0.39, 0.29) is 35.2 Å².